The highest BCUT2D eigenvalue weighted by Gasteiger charge is 2.31. The molecule has 9 nitrogen and oxygen atoms in total. The molecule has 232 valence electrons. The molecule has 0 atom stereocenters. The molecule has 1 amide bonds. The van der Waals surface area contributed by atoms with Crippen LogP contribution in [0.1, 0.15) is 36.6 Å². The van der Waals surface area contributed by atoms with Crippen molar-refractivity contribution >= 4 is 51.5 Å². The number of rotatable bonds is 5. The number of benzene rings is 1. The van der Waals surface area contributed by atoms with E-state index in [0.29, 0.717) is 16.9 Å². The summed E-state index contributed by atoms with van der Waals surface area (Å²) in [4.78, 5) is 38.9. The zero-order chi connectivity index (χ0) is 32.9. The molecular formula is C31H26Cl2F3N7O2. The lowest BCUT2D eigenvalue weighted by Gasteiger charge is -2.36. The van der Waals surface area contributed by atoms with Crippen LogP contribution in [-0.2, 0) is 4.79 Å². The Balaban J connectivity index is 1.93. The van der Waals surface area contributed by atoms with E-state index in [9.17, 15) is 19.2 Å². The normalized spacial score (nSPS) is 13.4. The first kappa shape index (κ1) is 31.8. The van der Waals surface area contributed by atoms with Gasteiger partial charge in [-0.2, -0.15) is 5.26 Å². The van der Waals surface area contributed by atoms with Crippen molar-refractivity contribution in [3.05, 3.63) is 85.7 Å². The Morgan fingerprint density at radius 3 is 2.40 bits per heavy atom. The van der Waals surface area contributed by atoms with Crippen LogP contribution in [0.5, 0.6) is 0 Å². The molecule has 0 unspecified atom stereocenters. The maximum Gasteiger partial charge on any atom is 0.276 e. The molecule has 0 radical (unpaired) electrons. The van der Waals surface area contributed by atoms with Crippen molar-refractivity contribution in [2.24, 2.45) is 0 Å². The summed E-state index contributed by atoms with van der Waals surface area (Å²) < 4.78 is 46.3. The standard InChI is InChI=1S/C31H26Cl2F3N7O2/c1-5-19(44)41-8-10-42(11-9-41)29-16-12-18(32)27(20-22(34)21(33)24(36)25(38)23(20)35)40-30(16)43(31(45)17(29)13-37)28-15(4)6-7-39-26(28)14(2)3/h5-7,12,14H,1,8-11,38H2,2-4H3. The van der Waals surface area contributed by atoms with E-state index in [1.165, 1.54) is 16.7 Å². The lowest BCUT2D eigenvalue weighted by atomic mass is 10.0. The van der Waals surface area contributed by atoms with Gasteiger partial charge in [0.05, 0.1) is 33.3 Å². The molecule has 4 heterocycles. The fourth-order valence-corrected chi connectivity index (χ4v) is 5.95. The Hall–Kier alpha value is -4.60. The maximum atomic E-state index is 15.4. The number of carbonyl (C=O) groups excluding carboxylic acids is 1. The van der Waals surface area contributed by atoms with Gasteiger partial charge in [-0.15, -0.1) is 0 Å². The number of hydrogen-bond acceptors (Lipinski definition) is 7. The van der Waals surface area contributed by atoms with E-state index in [4.69, 9.17) is 28.9 Å². The quantitative estimate of drug-likeness (QED) is 0.123. The largest absolute Gasteiger partial charge is 0.394 e. The van der Waals surface area contributed by atoms with Crippen LogP contribution in [-0.4, -0.2) is 51.5 Å². The summed E-state index contributed by atoms with van der Waals surface area (Å²) >= 11 is 12.4. The molecule has 0 aliphatic carbocycles. The molecule has 14 heteroatoms. The number of nitrogen functional groups attached to an aromatic ring is 1. The number of aryl methyl sites for hydroxylation is 1. The van der Waals surface area contributed by atoms with Crippen molar-refractivity contribution < 1.29 is 18.0 Å². The second kappa shape index (κ2) is 12.1. The number of hydrogen-bond donors (Lipinski definition) is 1. The Kier molecular flexibility index (Phi) is 8.53. The average molecular weight is 656 g/mol. The molecule has 1 aromatic carbocycles. The second-order valence-corrected chi connectivity index (χ2v) is 11.5. The predicted molar refractivity (Wildman–Crippen MR) is 167 cm³/mol. The number of fused-ring (bicyclic) bond motifs is 1. The number of nitrogens with two attached hydrogens (primary N) is 1. The van der Waals surface area contributed by atoms with E-state index in [-0.39, 0.29) is 65.3 Å². The molecule has 1 aliphatic heterocycles. The summed E-state index contributed by atoms with van der Waals surface area (Å²) in [6, 6.07) is 5.03. The second-order valence-electron chi connectivity index (χ2n) is 10.7. The summed E-state index contributed by atoms with van der Waals surface area (Å²) in [6.07, 6.45) is 2.78. The van der Waals surface area contributed by atoms with Gasteiger partial charge in [-0.05, 0) is 36.6 Å². The minimum atomic E-state index is -1.49. The Labute approximate surface area is 265 Å². The van der Waals surface area contributed by atoms with E-state index < -0.39 is 45.0 Å². The summed E-state index contributed by atoms with van der Waals surface area (Å²) in [5.41, 5.74) is 3.65. The number of aromatic nitrogens is 3. The van der Waals surface area contributed by atoms with Crippen molar-refractivity contribution in [3.63, 3.8) is 0 Å². The lowest BCUT2D eigenvalue weighted by molar-refractivity contribution is -0.126. The summed E-state index contributed by atoms with van der Waals surface area (Å²) in [6.45, 7) is 10.0. The van der Waals surface area contributed by atoms with E-state index in [1.807, 2.05) is 19.9 Å². The summed E-state index contributed by atoms with van der Waals surface area (Å²) in [5.74, 6) is -4.90. The van der Waals surface area contributed by atoms with Crippen molar-refractivity contribution in [2.45, 2.75) is 26.7 Å². The first-order valence-electron chi connectivity index (χ1n) is 13.8. The van der Waals surface area contributed by atoms with Crippen LogP contribution >= 0.6 is 23.2 Å². The van der Waals surface area contributed by atoms with E-state index in [1.54, 1.807) is 29.0 Å². The van der Waals surface area contributed by atoms with Gasteiger partial charge in [0.25, 0.3) is 5.56 Å². The molecule has 4 aromatic rings. The number of nitrogens with zero attached hydrogens (tertiary/aromatic N) is 6. The monoisotopic (exact) mass is 655 g/mol. The average Bonchev–Trinajstić information content (AvgIpc) is 3.02. The van der Waals surface area contributed by atoms with Gasteiger partial charge in [-0.1, -0.05) is 43.6 Å². The van der Waals surface area contributed by atoms with E-state index in [0.717, 1.165) is 0 Å². The first-order chi connectivity index (χ1) is 21.3. The highest BCUT2D eigenvalue weighted by Crippen LogP contribution is 2.41. The van der Waals surface area contributed by atoms with Crippen LogP contribution in [0.15, 0.2) is 35.8 Å². The molecule has 45 heavy (non-hydrogen) atoms. The lowest BCUT2D eigenvalue weighted by Crippen LogP contribution is -2.49. The molecule has 1 fully saturated rings. The third-order valence-corrected chi connectivity index (χ3v) is 8.35. The predicted octanol–water partition coefficient (Wildman–Crippen LogP) is 5.89. The fraction of sp³-hybridized carbons (Fsp3) is 0.258. The highest BCUT2D eigenvalue weighted by molar-refractivity contribution is 6.34. The van der Waals surface area contributed by atoms with Crippen LogP contribution in [0, 0.1) is 35.7 Å². The number of halogens is 5. The van der Waals surface area contributed by atoms with Crippen LogP contribution < -0.4 is 16.2 Å². The van der Waals surface area contributed by atoms with Crippen molar-refractivity contribution in [1.82, 2.24) is 19.4 Å². The van der Waals surface area contributed by atoms with Crippen molar-refractivity contribution in [3.8, 4) is 23.0 Å². The van der Waals surface area contributed by atoms with Crippen LogP contribution in [0.4, 0.5) is 24.5 Å². The van der Waals surface area contributed by atoms with Gasteiger partial charge in [0.2, 0.25) is 5.91 Å². The van der Waals surface area contributed by atoms with Crippen molar-refractivity contribution in [2.75, 3.05) is 36.8 Å². The molecular weight excluding hydrogens is 630 g/mol. The number of amides is 1. The maximum absolute atomic E-state index is 15.4. The topological polar surface area (TPSA) is 121 Å². The van der Waals surface area contributed by atoms with Gasteiger partial charge >= 0.3 is 0 Å². The molecule has 1 aliphatic rings. The zero-order valence-corrected chi connectivity index (χ0v) is 25.9. The zero-order valence-electron chi connectivity index (χ0n) is 24.4. The summed E-state index contributed by atoms with van der Waals surface area (Å²) in [7, 11) is 0. The van der Waals surface area contributed by atoms with E-state index in [2.05, 4.69) is 16.5 Å². The Morgan fingerprint density at radius 1 is 1.13 bits per heavy atom. The van der Waals surface area contributed by atoms with Crippen LogP contribution in [0.3, 0.4) is 0 Å². The molecule has 2 N–H and O–H groups in total. The fourth-order valence-electron chi connectivity index (χ4n) is 5.50. The van der Waals surface area contributed by atoms with E-state index >= 15 is 8.78 Å². The molecule has 0 bridgehead atoms. The minimum Gasteiger partial charge on any atom is -0.394 e. The minimum absolute atomic E-state index is 0.103. The molecule has 0 saturated carbocycles. The van der Waals surface area contributed by atoms with Gasteiger partial charge in [0.15, 0.2) is 17.5 Å². The smallest absolute Gasteiger partial charge is 0.276 e. The van der Waals surface area contributed by atoms with Crippen molar-refractivity contribution in [1.29, 1.82) is 5.26 Å². The van der Waals surface area contributed by atoms with Gasteiger partial charge in [-0.3, -0.25) is 19.1 Å². The SMILES string of the molecule is C=CC(=O)N1CCN(c2c(C#N)c(=O)n(-c3c(C)ccnc3C(C)C)c3nc(-c4c(F)c(N)c(F)c(Cl)c4F)c(Cl)cc23)CC1. The van der Waals surface area contributed by atoms with Gasteiger partial charge in [-0.25, -0.2) is 18.2 Å². The first-order valence-corrected chi connectivity index (χ1v) is 14.5. The molecule has 5 rings (SSSR count). The van der Waals surface area contributed by atoms with Crippen LogP contribution in [0.25, 0.3) is 28.0 Å². The third-order valence-electron chi connectivity index (χ3n) is 7.73. The highest BCUT2D eigenvalue weighted by atomic mass is 35.5. The van der Waals surface area contributed by atoms with Crippen LogP contribution in [0.2, 0.25) is 10.0 Å². The molecule has 1 saturated heterocycles. The Morgan fingerprint density at radius 2 is 1.80 bits per heavy atom. The molecule has 0 spiro atoms. The number of nitriles is 1. The Bertz CT molecular complexity index is 1990. The number of carbonyl (C=O) groups is 1. The number of pyridine rings is 3. The third kappa shape index (κ3) is 5.15. The molecule has 3 aromatic heterocycles. The summed E-state index contributed by atoms with van der Waals surface area (Å²) in [5, 5.41) is 9.21. The van der Waals surface area contributed by atoms with Gasteiger partial charge in [0.1, 0.15) is 28.0 Å². The van der Waals surface area contributed by atoms with Gasteiger partial charge in [0, 0.05) is 37.8 Å². The number of anilines is 2. The van der Waals surface area contributed by atoms with Gasteiger partial charge < -0.3 is 15.5 Å². The number of piperazine rings is 1.